The molecular formula is C14H19N3O4. The molecule has 1 aromatic rings. The third kappa shape index (κ3) is 5.13. The molecule has 5 N–H and O–H groups in total. The SMILES string of the molecule is CCC(CNC(=O)C(NC(N)=O)c1ccccc1)C(=O)O. The number of hydrogen-bond donors (Lipinski definition) is 4. The van der Waals surface area contributed by atoms with Gasteiger partial charge in [-0.3, -0.25) is 9.59 Å². The Morgan fingerprint density at radius 3 is 2.33 bits per heavy atom. The summed E-state index contributed by atoms with van der Waals surface area (Å²) >= 11 is 0. The van der Waals surface area contributed by atoms with Crippen LogP contribution in [0.25, 0.3) is 0 Å². The third-order valence-corrected chi connectivity index (χ3v) is 3.05. The number of carbonyl (C=O) groups is 3. The number of amides is 3. The first-order valence-corrected chi connectivity index (χ1v) is 6.57. The molecule has 0 aromatic heterocycles. The third-order valence-electron chi connectivity index (χ3n) is 3.05. The Kier molecular flexibility index (Phi) is 6.19. The first-order chi connectivity index (χ1) is 9.95. The number of benzene rings is 1. The average molecular weight is 293 g/mol. The van der Waals surface area contributed by atoms with Crippen molar-refractivity contribution in [2.24, 2.45) is 11.7 Å². The molecule has 3 amide bonds. The molecular weight excluding hydrogens is 274 g/mol. The highest BCUT2D eigenvalue weighted by Gasteiger charge is 2.23. The van der Waals surface area contributed by atoms with E-state index in [2.05, 4.69) is 10.6 Å². The van der Waals surface area contributed by atoms with Gasteiger partial charge in [-0.1, -0.05) is 37.3 Å². The number of hydrogen-bond acceptors (Lipinski definition) is 3. The Morgan fingerprint density at radius 2 is 1.86 bits per heavy atom. The van der Waals surface area contributed by atoms with Gasteiger partial charge in [0.2, 0.25) is 5.91 Å². The van der Waals surface area contributed by atoms with Crippen LogP contribution in [-0.2, 0) is 9.59 Å². The quantitative estimate of drug-likeness (QED) is 0.588. The first-order valence-electron chi connectivity index (χ1n) is 6.57. The number of nitrogens with one attached hydrogen (secondary N) is 2. The molecule has 7 nitrogen and oxygen atoms in total. The second-order valence-corrected chi connectivity index (χ2v) is 4.54. The van der Waals surface area contributed by atoms with Crippen molar-refractivity contribution in [1.29, 1.82) is 0 Å². The minimum absolute atomic E-state index is 0.00551. The molecule has 0 bridgehead atoms. The van der Waals surface area contributed by atoms with Crippen molar-refractivity contribution in [1.82, 2.24) is 10.6 Å². The normalized spacial score (nSPS) is 13.0. The van der Waals surface area contributed by atoms with Gasteiger partial charge in [0, 0.05) is 6.54 Å². The number of aliphatic carboxylic acids is 1. The molecule has 0 spiro atoms. The number of carbonyl (C=O) groups excluding carboxylic acids is 2. The fraction of sp³-hybridized carbons (Fsp3) is 0.357. The fourth-order valence-electron chi connectivity index (χ4n) is 1.82. The summed E-state index contributed by atoms with van der Waals surface area (Å²) in [5, 5.41) is 13.8. The first kappa shape index (κ1) is 16.5. The van der Waals surface area contributed by atoms with Crippen molar-refractivity contribution in [3.8, 4) is 0 Å². The molecule has 21 heavy (non-hydrogen) atoms. The maximum atomic E-state index is 12.1. The van der Waals surface area contributed by atoms with Crippen LogP contribution in [0, 0.1) is 5.92 Å². The molecule has 0 saturated carbocycles. The Labute approximate surface area is 122 Å². The summed E-state index contributed by atoms with van der Waals surface area (Å²) in [5.41, 5.74) is 5.64. The van der Waals surface area contributed by atoms with Crippen LogP contribution in [0.5, 0.6) is 0 Å². The van der Waals surface area contributed by atoms with E-state index in [9.17, 15) is 14.4 Å². The van der Waals surface area contributed by atoms with Crippen molar-refractivity contribution >= 4 is 17.9 Å². The van der Waals surface area contributed by atoms with Crippen molar-refractivity contribution in [3.63, 3.8) is 0 Å². The van der Waals surface area contributed by atoms with Gasteiger partial charge in [0.1, 0.15) is 6.04 Å². The number of urea groups is 1. The van der Waals surface area contributed by atoms with Crippen molar-refractivity contribution in [3.05, 3.63) is 35.9 Å². The summed E-state index contributed by atoms with van der Waals surface area (Å²) in [6, 6.07) is 6.80. The number of carboxylic acids is 1. The molecule has 0 radical (unpaired) electrons. The van der Waals surface area contributed by atoms with Crippen LogP contribution < -0.4 is 16.4 Å². The summed E-state index contributed by atoms with van der Waals surface area (Å²) in [6.07, 6.45) is 0.398. The van der Waals surface area contributed by atoms with Crippen LogP contribution in [0.1, 0.15) is 24.9 Å². The summed E-state index contributed by atoms with van der Waals surface area (Å²) < 4.78 is 0. The molecule has 1 aromatic carbocycles. The molecule has 1 rings (SSSR count). The van der Waals surface area contributed by atoms with Crippen LogP contribution in [0.3, 0.4) is 0 Å². The van der Waals surface area contributed by atoms with Crippen molar-refractivity contribution in [2.75, 3.05) is 6.54 Å². The lowest BCUT2D eigenvalue weighted by Crippen LogP contribution is -2.44. The monoisotopic (exact) mass is 293 g/mol. The maximum Gasteiger partial charge on any atom is 0.313 e. The van der Waals surface area contributed by atoms with E-state index in [0.29, 0.717) is 12.0 Å². The highest BCUT2D eigenvalue weighted by molar-refractivity contribution is 5.88. The summed E-state index contributed by atoms with van der Waals surface area (Å²) in [6.45, 7) is 1.72. The van der Waals surface area contributed by atoms with Gasteiger partial charge in [0.25, 0.3) is 0 Å². The molecule has 0 saturated heterocycles. The minimum Gasteiger partial charge on any atom is -0.481 e. The fourth-order valence-corrected chi connectivity index (χ4v) is 1.82. The lowest BCUT2D eigenvalue weighted by molar-refractivity contribution is -0.141. The van der Waals surface area contributed by atoms with E-state index in [-0.39, 0.29) is 6.54 Å². The van der Waals surface area contributed by atoms with E-state index >= 15 is 0 Å². The predicted octanol–water partition coefficient (Wildman–Crippen LogP) is 0.623. The smallest absolute Gasteiger partial charge is 0.313 e. The lowest BCUT2D eigenvalue weighted by atomic mass is 10.0. The van der Waals surface area contributed by atoms with E-state index in [1.807, 2.05) is 0 Å². The Hall–Kier alpha value is -2.57. The zero-order valence-corrected chi connectivity index (χ0v) is 11.7. The zero-order valence-electron chi connectivity index (χ0n) is 11.7. The van der Waals surface area contributed by atoms with Gasteiger partial charge >= 0.3 is 12.0 Å². The van der Waals surface area contributed by atoms with E-state index < -0.39 is 29.9 Å². The lowest BCUT2D eigenvalue weighted by Gasteiger charge is -2.19. The van der Waals surface area contributed by atoms with Gasteiger partial charge < -0.3 is 21.5 Å². The highest BCUT2D eigenvalue weighted by atomic mass is 16.4. The second kappa shape index (κ2) is 7.88. The molecule has 2 atom stereocenters. The molecule has 0 heterocycles. The summed E-state index contributed by atoms with van der Waals surface area (Å²) in [4.78, 5) is 34.1. The molecule has 0 aliphatic heterocycles. The summed E-state index contributed by atoms with van der Waals surface area (Å²) in [7, 11) is 0. The Balaban J connectivity index is 2.77. The molecule has 7 heteroatoms. The van der Waals surface area contributed by atoms with Gasteiger partial charge in [-0.15, -0.1) is 0 Å². The van der Waals surface area contributed by atoms with E-state index in [1.54, 1.807) is 37.3 Å². The van der Waals surface area contributed by atoms with Gasteiger partial charge in [-0.05, 0) is 12.0 Å². The van der Waals surface area contributed by atoms with Gasteiger partial charge in [-0.2, -0.15) is 0 Å². The topological polar surface area (TPSA) is 122 Å². The van der Waals surface area contributed by atoms with E-state index in [0.717, 1.165) is 0 Å². The molecule has 0 aliphatic carbocycles. The van der Waals surface area contributed by atoms with Crippen molar-refractivity contribution < 1.29 is 19.5 Å². The average Bonchev–Trinajstić information content (AvgIpc) is 2.45. The maximum absolute atomic E-state index is 12.1. The minimum atomic E-state index is -0.975. The molecule has 114 valence electrons. The van der Waals surface area contributed by atoms with Crippen LogP contribution in [0.4, 0.5) is 4.79 Å². The van der Waals surface area contributed by atoms with E-state index in [1.165, 1.54) is 0 Å². The molecule has 0 fully saturated rings. The van der Waals surface area contributed by atoms with Gasteiger partial charge in [0.15, 0.2) is 0 Å². The van der Waals surface area contributed by atoms with Crippen LogP contribution in [0.2, 0.25) is 0 Å². The number of primary amides is 1. The Bertz CT molecular complexity index is 504. The summed E-state index contributed by atoms with van der Waals surface area (Å²) in [5.74, 6) is -2.14. The van der Waals surface area contributed by atoms with Crippen LogP contribution in [-0.4, -0.2) is 29.6 Å². The largest absolute Gasteiger partial charge is 0.481 e. The number of rotatable bonds is 7. The Morgan fingerprint density at radius 1 is 1.24 bits per heavy atom. The molecule has 2 unspecified atom stereocenters. The number of carboxylic acid groups (broad SMARTS) is 1. The zero-order chi connectivity index (χ0) is 15.8. The highest BCUT2D eigenvalue weighted by Crippen LogP contribution is 2.13. The predicted molar refractivity (Wildman–Crippen MR) is 76.3 cm³/mol. The van der Waals surface area contributed by atoms with E-state index in [4.69, 9.17) is 10.8 Å². The standard InChI is InChI=1S/C14H19N3O4/c1-2-9(13(19)20)8-16-12(18)11(17-14(15)21)10-6-4-3-5-7-10/h3-7,9,11H,2,8H2,1H3,(H,16,18)(H,19,20)(H3,15,17,21). The van der Waals surface area contributed by atoms with Crippen LogP contribution in [0.15, 0.2) is 30.3 Å². The van der Waals surface area contributed by atoms with Gasteiger partial charge in [-0.25, -0.2) is 4.79 Å². The number of nitrogens with two attached hydrogens (primary N) is 1. The second-order valence-electron chi connectivity index (χ2n) is 4.54. The molecule has 0 aliphatic rings. The van der Waals surface area contributed by atoms with Gasteiger partial charge in [0.05, 0.1) is 5.92 Å². The van der Waals surface area contributed by atoms with Crippen LogP contribution >= 0.6 is 0 Å². The van der Waals surface area contributed by atoms with Crippen molar-refractivity contribution in [2.45, 2.75) is 19.4 Å².